The van der Waals surface area contributed by atoms with Crippen LogP contribution in [0.15, 0.2) is 18.2 Å². The van der Waals surface area contributed by atoms with Gasteiger partial charge >= 0.3 is 6.09 Å². The molecule has 0 saturated carbocycles. The molecular weight excluding hydrogens is 285 g/mol. The molecule has 1 aliphatic heterocycles. The van der Waals surface area contributed by atoms with Crippen LogP contribution in [0.1, 0.15) is 0 Å². The highest BCUT2D eigenvalue weighted by atomic mass is 19.1. The van der Waals surface area contributed by atoms with Crippen molar-refractivity contribution in [2.75, 3.05) is 31.1 Å². The van der Waals surface area contributed by atoms with E-state index in [4.69, 9.17) is 5.11 Å². The number of nitro groups is 1. The molecule has 114 valence electrons. The first-order valence-electron chi connectivity index (χ1n) is 6.23. The van der Waals surface area contributed by atoms with E-state index in [9.17, 15) is 24.4 Å². The first kappa shape index (κ1) is 15.0. The standard InChI is InChI=1S/C12H14FN3O5/c13-10-5-8(16(20)21)1-2-11(10)15-4-3-14(12(18)19)6-9(15)7-17/h1-2,5,9,17H,3-4,6-7H2,(H,18,19). The summed E-state index contributed by atoms with van der Waals surface area (Å²) in [5.41, 5.74) is -0.245. The molecule has 0 radical (unpaired) electrons. The number of anilines is 1. The van der Waals surface area contributed by atoms with E-state index in [1.165, 1.54) is 17.0 Å². The second-order valence-corrected chi connectivity index (χ2v) is 4.65. The van der Waals surface area contributed by atoms with Crippen LogP contribution in [0.3, 0.4) is 0 Å². The molecular formula is C12H14FN3O5. The number of halogens is 1. The van der Waals surface area contributed by atoms with Crippen LogP contribution in [-0.2, 0) is 0 Å². The summed E-state index contributed by atoms with van der Waals surface area (Å²) in [4.78, 5) is 23.5. The van der Waals surface area contributed by atoms with Gasteiger partial charge in [-0.3, -0.25) is 10.1 Å². The summed E-state index contributed by atoms with van der Waals surface area (Å²) in [5.74, 6) is -0.772. The quantitative estimate of drug-likeness (QED) is 0.634. The number of nitrogens with zero attached hydrogens (tertiary/aromatic N) is 3. The van der Waals surface area contributed by atoms with Crippen molar-refractivity contribution in [3.05, 3.63) is 34.1 Å². The minimum atomic E-state index is -1.10. The minimum absolute atomic E-state index is 0.0439. The molecule has 9 heteroatoms. The van der Waals surface area contributed by atoms with E-state index in [2.05, 4.69) is 0 Å². The third-order valence-electron chi connectivity index (χ3n) is 3.42. The molecule has 0 aliphatic carbocycles. The van der Waals surface area contributed by atoms with Crippen molar-refractivity contribution in [2.24, 2.45) is 0 Å². The Morgan fingerprint density at radius 3 is 2.71 bits per heavy atom. The van der Waals surface area contributed by atoms with Crippen LogP contribution in [0.2, 0.25) is 0 Å². The van der Waals surface area contributed by atoms with E-state index in [-0.39, 0.29) is 37.6 Å². The Balaban J connectivity index is 2.25. The molecule has 21 heavy (non-hydrogen) atoms. The second-order valence-electron chi connectivity index (χ2n) is 4.65. The van der Waals surface area contributed by atoms with Gasteiger partial charge in [0.1, 0.15) is 0 Å². The van der Waals surface area contributed by atoms with Gasteiger partial charge < -0.3 is 20.0 Å². The van der Waals surface area contributed by atoms with Crippen molar-refractivity contribution in [2.45, 2.75) is 6.04 Å². The second kappa shape index (κ2) is 5.92. The third-order valence-corrected chi connectivity index (χ3v) is 3.42. The predicted molar refractivity (Wildman–Crippen MR) is 70.9 cm³/mol. The zero-order valence-electron chi connectivity index (χ0n) is 11.0. The summed E-state index contributed by atoms with van der Waals surface area (Å²) < 4.78 is 14.0. The van der Waals surface area contributed by atoms with Crippen LogP contribution in [0.25, 0.3) is 0 Å². The molecule has 1 heterocycles. The van der Waals surface area contributed by atoms with Crippen LogP contribution in [-0.4, -0.2) is 58.4 Å². The third kappa shape index (κ3) is 3.02. The first-order chi connectivity index (χ1) is 9.93. The van der Waals surface area contributed by atoms with Gasteiger partial charge in [-0.05, 0) is 6.07 Å². The van der Waals surface area contributed by atoms with Crippen molar-refractivity contribution in [1.82, 2.24) is 4.90 Å². The molecule has 1 aliphatic rings. The Labute approximate surface area is 119 Å². The smallest absolute Gasteiger partial charge is 0.407 e. The maximum absolute atomic E-state index is 14.0. The van der Waals surface area contributed by atoms with Crippen molar-refractivity contribution in [3.63, 3.8) is 0 Å². The van der Waals surface area contributed by atoms with Crippen molar-refractivity contribution in [3.8, 4) is 0 Å². The lowest BCUT2D eigenvalue weighted by Crippen LogP contribution is -2.56. The average molecular weight is 299 g/mol. The molecule has 1 amide bonds. The predicted octanol–water partition coefficient (Wildman–Crippen LogP) is 0.895. The number of hydrogen-bond donors (Lipinski definition) is 2. The lowest BCUT2D eigenvalue weighted by Gasteiger charge is -2.40. The summed E-state index contributed by atoms with van der Waals surface area (Å²) in [6.07, 6.45) is -1.10. The fourth-order valence-corrected chi connectivity index (χ4v) is 2.34. The lowest BCUT2D eigenvalue weighted by atomic mass is 10.1. The van der Waals surface area contributed by atoms with Gasteiger partial charge in [-0.1, -0.05) is 0 Å². The fourth-order valence-electron chi connectivity index (χ4n) is 2.34. The number of piperazine rings is 1. The molecule has 2 rings (SSSR count). The number of carboxylic acid groups (broad SMARTS) is 1. The molecule has 1 aromatic rings. The van der Waals surface area contributed by atoms with Gasteiger partial charge in [0, 0.05) is 25.7 Å². The molecule has 0 bridgehead atoms. The number of benzene rings is 1. The number of carbonyl (C=O) groups is 1. The van der Waals surface area contributed by atoms with Gasteiger partial charge in [-0.25, -0.2) is 9.18 Å². The molecule has 2 N–H and O–H groups in total. The maximum atomic E-state index is 14.0. The van der Waals surface area contributed by atoms with Crippen LogP contribution < -0.4 is 4.90 Å². The SMILES string of the molecule is O=C(O)N1CCN(c2ccc([N+](=O)[O-])cc2F)C(CO)C1. The summed E-state index contributed by atoms with van der Waals surface area (Å²) in [6, 6.07) is 2.67. The lowest BCUT2D eigenvalue weighted by molar-refractivity contribution is -0.385. The minimum Gasteiger partial charge on any atom is -0.465 e. The zero-order chi connectivity index (χ0) is 15.6. The number of rotatable bonds is 3. The zero-order valence-corrected chi connectivity index (χ0v) is 11.0. The van der Waals surface area contributed by atoms with Crippen molar-refractivity contribution >= 4 is 17.5 Å². The fraction of sp³-hybridized carbons (Fsp3) is 0.417. The normalized spacial score (nSPS) is 18.7. The average Bonchev–Trinajstić information content (AvgIpc) is 2.46. The molecule has 1 saturated heterocycles. The highest BCUT2D eigenvalue weighted by Crippen LogP contribution is 2.27. The maximum Gasteiger partial charge on any atom is 0.407 e. The number of aliphatic hydroxyl groups is 1. The van der Waals surface area contributed by atoms with Crippen molar-refractivity contribution in [1.29, 1.82) is 0 Å². The molecule has 1 fully saturated rings. The molecule has 1 aromatic carbocycles. The molecule has 0 spiro atoms. The Morgan fingerprint density at radius 2 is 2.19 bits per heavy atom. The number of amides is 1. The monoisotopic (exact) mass is 299 g/mol. The Kier molecular flexibility index (Phi) is 4.22. The van der Waals surface area contributed by atoms with E-state index in [0.717, 1.165) is 11.0 Å². The number of nitro benzene ring substituents is 1. The van der Waals surface area contributed by atoms with Crippen LogP contribution in [0.4, 0.5) is 20.6 Å². The van der Waals surface area contributed by atoms with Crippen LogP contribution in [0, 0.1) is 15.9 Å². The highest BCUT2D eigenvalue weighted by molar-refractivity contribution is 5.66. The van der Waals surface area contributed by atoms with Gasteiger partial charge in [0.05, 0.1) is 29.3 Å². The van der Waals surface area contributed by atoms with Gasteiger partial charge in [-0.15, -0.1) is 0 Å². The van der Waals surface area contributed by atoms with E-state index in [1.54, 1.807) is 0 Å². The van der Waals surface area contributed by atoms with Gasteiger partial charge in [0.25, 0.3) is 5.69 Å². The molecule has 8 nitrogen and oxygen atoms in total. The summed E-state index contributed by atoms with van der Waals surface area (Å²) in [7, 11) is 0. The van der Waals surface area contributed by atoms with Gasteiger partial charge in [0.2, 0.25) is 0 Å². The Bertz CT molecular complexity index is 568. The van der Waals surface area contributed by atoms with Crippen molar-refractivity contribution < 1.29 is 24.3 Å². The first-order valence-corrected chi connectivity index (χ1v) is 6.23. The van der Waals surface area contributed by atoms with Crippen LogP contribution in [0.5, 0.6) is 0 Å². The van der Waals surface area contributed by atoms with E-state index in [0.29, 0.717) is 0 Å². The van der Waals surface area contributed by atoms with Gasteiger partial charge in [0.15, 0.2) is 5.82 Å². The summed E-state index contributed by atoms with van der Waals surface area (Å²) in [6.45, 7) is 0.0665. The molecule has 0 aromatic heterocycles. The largest absolute Gasteiger partial charge is 0.465 e. The topological polar surface area (TPSA) is 107 Å². The number of hydrogen-bond acceptors (Lipinski definition) is 5. The highest BCUT2D eigenvalue weighted by Gasteiger charge is 2.30. The number of non-ortho nitro benzene ring substituents is 1. The molecule has 1 atom stereocenters. The summed E-state index contributed by atoms with van der Waals surface area (Å²) >= 11 is 0. The Morgan fingerprint density at radius 1 is 1.48 bits per heavy atom. The molecule has 1 unspecified atom stereocenters. The summed E-state index contributed by atoms with van der Waals surface area (Å²) in [5, 5.41) is 28.9. The van der Waals surface area contributed by atoms with Gasteiger partial charge in [-0.2, -0.15) is 0 Å². The van der Waals surface area contributed by atoms with E-state index < -0.39 is 22.9 Å². The van der Waals surface area contributed by atoms with E-state index >= 15 is 0 Å². The van der Waals surface area contributed by atoms with E-state index in [1.807, 2.05) is 0 Å². The Hall–Kier alpha value is -2.42. The number of aliphatic hydroxyl groups excluding tert-OH is 1. The van der Waals surface area contributed by atoms with Crippen LogP contribution >= 0.6 is 0 Å².